The van der Waals surface area contributed by atoms with Crippen LogP contribution in [0.3, 0.4) is 0 Å². The van der Waals surface area contributed by atoms with Crippen LogP contribution in [0.4, 0.5) is 0 Å². The fourth-order valence-corrected chi connectivity index (χ4v) is 8.41. The molecule has 2 aromatic rings. The van der Waals surface area contributed by atoms with Gasteiger partial charge in [0.25, 0.3) is 5.56 Å². The summed E-state index contributed by atoms with van der Waals surface area (Å²) in [7, 11) is 1.23. The predicted molar refractivity (Wildman–Crippen MR) is 157 cm³/mol. The SMILES string of the molecule is COC(=O)C(=NOCCOC(C)=O)c1nc2ccccc2n([C@@H]2CC3CCC[C@H](C2)N3C2CC3CCCC(C3)C2)c1=O. The summed E-state index contributed by atoms with van der Waals surface area (Å²) in [5.41, 5.74) is 0.605. The Morgan fingerprint density at radius 3 is 2.29 bits per heavy atom. The maximum absolute atomic E-state index is 14.2. The first-order valence-corrected chi connectivity index (χ1v) is 15.6. The third-order valence-electron chi connectivity index (χ3n) is 9.93. The Kier molecular flexibility index (Phi) is 8.60. The number of para-hydroxylation sites is 2. The maximum Gasteiger partial charge on any atom is 0.362 e. The lowest BCUT2D eigenvalue weighted by Gasteiger charge is -2.55. The maximum atomic E-state index is 14.2. The summed E-state index contributed by atoms with van der Waals surface area (Å²) in [6, 6.07) is 9.12. The molecule has 5 atom stereocenters. The van der Waals surface area contributed by atoms with Crippen molar-refractivity contribution in [3.63, 3.8) is 0 Å². The summed E-state index contributed by atoms with van der Waals surface area (Å²) in [6.07, 6.45) is 13.6. The molecule has 0 spiro atoms. The highest BCUT2D eigenvalue weighted by atomic mass is 16.6. The van der Waals surface area contributed by atoms with Crippen molar-refractivity contribution in [3.8, 4) is 0 Å². The Balaban J connectivity index is 1.32. The summed E-state index contributed by atoms with van der Waals surface area (Å²) in [5.74, 6) is 0.491. The standard InChI is InChI=1S/C32H42N4O6/c1-20(37)41-13-14-42-34-30(32(39)40-2)29-31(38)36(28-12-4-3-11-27(28)33-29)26-18-23-9-6-10-24(19-26)35(23)25-16-21-7-5-8-22(15-21)17-25/h3-4,11-12,21-26H,5-10,13-19H2,1-2H3/t21?,22?,23-,24?,25?,26+/m1/s1. The lowest BCUT2D eigenvalue weighted by Crippen LogP contribution is -2.58. The van der Waals surface area contributed by atoms with E-state index in [9.17, 15) is 14.4 Å². The van der Waals surface area contributed by atoms with Crippen LogP contribution in [0.1, 0.15) is 89.3 Å². The largest absolute Gasteiger partial charge is 0.464 e. The number of hydrogen-bond donors (Lipinski definition) is 0. The van der Waals surface area contributed by atoms with Crippen molar-refractivity contribution in [2.24, 2.45) is 17.0 Å². The summed E-state index contributed by atoms with van der Waals surface area (Å²) in [6.45, 7) is 1.18. The number of nitrogens with zero attached hydrogens (tertiary/aromatic N) is 4. The second-order valence-corrected chi connectivity index (χ2v) is 12.6. The van der Waals surface area contributed by atoms with E-state index in [2.05, 4.69) is 15.0 Å². The zero-order chi connectivity index (χ0) is 29.2. The van der Waals surface area contributed by atoms with E-state index in [1.54, 1.807) is 0 Å². The first-order chi connectivity index (χ1) is 20.4. The minimum Gasteiger partial charge on any atom is -0.464 e. The van der Waals surface area contributed by atoms with E-state index in [1.165, 1.54) is 59.0 Å². The molecule has 226 valence electrons. The first-order valence-electron chi connectivity index (χ1n) is 15.6. The van der Waals surface area contributed by atoms with Crippen molar-refractivity contribution in [2.75, 3.05) is 20.3 Å². The molecule has 4 bridgehead atoms. The number of aromatic nitrogens is 2. The normalized spacial score (nSPS) is 29.6. The number of ether oxygens (including phenoxy) is 2. The van der Waals surface area contributed by atoms with Gasteiger partial charge >= 0.3 is 11.9 Å². The molecule has 0 radical (unpaired) electrons. The second kappa shape index (κ2) is 12.5. The van der Waals surface area contributed by atoms with Gasteiger partial charge in [0, 0.05) is 31.1 Å². The molecular weight excluding hydrogens is 536 g/mol. The summed E-state index contributed by atoms with van der Waals surface area (Å²) in [5, 5.41) is 3.94. The minimum absolute atomic E-state index is 0.0115. The number of benzene rings is 1. The number of rotatable bonds is 8. The highest BCUT2D eigenvalue weighted by molar-refractivity contribution is 6.42. The van der Waals surface area contributed by atoms with Crippen LogP contribution in [0.15, 0.2) is 34.2 Å². The molecule has 3 unspecified atom stereocenters. The molecule has 2 saturated heterocycles. The number of hydrogen-bond acceptors (Lipinski definition) is 9. The molecule has 2 aliphatic heterocycles. The van der Waals surface area contributed by atoms with Crippen LogP contribution in [0.5, 0.6) is 0 Å². The van der Waals surface area contributed by atoms with Gasteiger partial charge in [0.1, 0.15) is 6.61 Å². The van der Waals surface area contributed by atoms with Gasteiger partial charge in [-0.3, -0.25) is 14.5 Å². The molecule has 3 heterocycles. The molecule has 1 aromatic heterocycles. The lowest BCUT2D eigenvalue weighted by atomic mass is 9.68. The van der Waals surface area contributed by atoms with E-state index in [1.807, 2.05) is 28.8 Å². The van der Waals surface area contributed by atoms with Gasteiger partial charge in [0.2, 0.25) is 5.71 Å². The molecule has 1 aromatic carbocycles. The topological polar surface area (TPSA) is 112 Å². The molecule has 10 heteroatoms. The van der Waals surface area contributed by atoms with Crippen LogP contribution in [0, 0.1) is 11.8 Å². The Bertz CT molecular complexity index is 1380. The highest BCUT2D eigenvalue weighted by Crippen LogP contribution is 2.47. The van der Waals surface area contributed by atoms with E-state index in [4.69, 9.17) is 14.3 Å². The van der Waals surface area contributed by atoms with Crippen LogP contribution in [0.2, 0.25) is 0 Å². The molecular formula is C32H42N4O6. The Morgan fingerprint density at radius 1 is 0.905 bits per heavy atom. The molecule has 2 saturated carbocycles. The van der Waals surface area contributed by atoms with Gasteiger partial charge in [0.05, 0.1) is 18.1 Å². The molecule has 42 heavy (non-hydrogen) atoms. The molecule has 0 N–H and O–H groups in total. The fraction of sp³-hybridized carbons (Fsp3) is 0.656. The van der Waals surface area contributed by atoms with E-state index in [0.29, 0.717) is 23.6 Å². The van der Waals surface area contributed by atoms with Crippen molar-refractivity contribution >= 4 is 28.7 Å². The first kappa shape index (κ1) is 28.8. The number of piperidine rings is 2. The van der Waals surface area contributed by atoms with E-state index < -0.39 is 11.9 Å². The fourth-order valence-electron chi connectivity index (χ4n) is 8.41. The number of carbonyl (C=O) groups is 2. The molecule has 2 aliphatic carbocycles. The van der Waals surface area contributed by atoms with Gasteiger partial charge in [-0.1, -0.05) is 43.0 Å². The summed E-state index contributed by atoms with van der Waals surface area (Å²) in [4.78, 5) is 50.8. The van der Waals surface area contributed by atoms with Crippen molar-refractivity contribution < 1.29 is 23.9 Å². The quantitative estimate of drug-likeness (QED) is 0.196. The average molecular weight is 579 g/mol. The number of esters is 2. The molecule has 6 rings (SSSR count). The third kappa shape index (κ3) is 5.82. The van der Waals surface area contributed by atoms with Crippen molar-refractivity contribution in [2.45, 2.75) is 102 Å². The van der Waals surface area contributed by atoms with Gasteiger partial charge in [0.15, 0.2) is 12.3 Å². The van der Waals surface area contributed by atoms with Crippen LogP contribution >= 0.6 is 0 Å². The van der Waals surface area contributed by atoms with Gasteiger partial charge in [-0.25, -0.2) is 9.78 Å². The highest BCUT2D eigenvalue weighted by Gasteiger charge is 2.45. The van der Waals surface area contributed by atoms with Crippen molar-refractivity contribution in [1.82, 2.24) is 14.5 Å². The van der Waals surface area contributed by atoms with E-state index in [-0.39, 0.29) is 36.2 Å². The van der Waals surface area contributed by atoms with Gasteiger partial charge in [-0.05, 0) is 68.9 Å². The van der Waals surface area contributed by atoms with Crippen LogP contribution in [0.25, 0.3) is 11.0 Å². The second-order valence-electron chi connectivity index (χ2n) is 12.6. The average Bonchev–Trinajstić information content (AvgIpc) is 2.97. The van der Waals surface area contributed by atoms with Gasteiger partial charge < -0.3 is 18.9 Å². The van der Waals surface area contributed by atoms with Crippen LogP contribution in [-0.4, -0.2) is 70.6 Å². The van der Waals surface area contributed by atoms with Gasteiger partial charge in [-0.15, -0.1) is 0 Å². The monoisotopic (exact) mass is 578 g/mol. The molecule has 4 aliphatic rings. The van der Waals surface area contributed by atoms with Crippen molar-refractivity contribution in [3.05, 3.63) is 40.3 Å². The number of methoxy groups -OCH3 is 1. The van der Waals surface area contributed by atoms with E-state index in [0.717, 1.165) is 43.0 Å². The minimum atomic E-state index is -0.816. The zero-order valence-electron chi connectivity index (χ0n) is 24.7. The Labute approximate surface area is 246 Å². The Hall–Kier alpha value is -3.27. The van der Waals surface area contributed by atoms with E-state index >= 15 is 0 Å². The van der Waals surface area contributed by atoms with Crippen LogP contribution < -0.4 is 5.56 Å². The number of carbonyl (C=O) groups excluding carboxylic acids is 2. The molecule has 4 fully saturated rings. The summed E-state index contributed by atoms with van der Waals surface area (Å²) < 4.78 is 11.7. The number of fused-ring (bicyclic) bond motifs is 5. The predicted octanol–water partition coefficient (Wildman–Crippen LogP) is 4.38. The number of oxime groups is 1. The Morgan fingerprint density at radius 2 is 1.60 bits per heavy atom. The zero-order valence-corrected chi connectivity index (χ0v) is 24.7. The lowest BCUT2D eigenvalue weighted by molar-refractivity contribution is -0.142. The smallest absolute Gasteiger partial charge is 0.362 e. The van der Waals surface area contributed by atoms with Gasteiger partial charge in [-0.2, -0.15) is 0 Å². The molecule has 10 nitrogen and oxygen atoms in total. The molecule has 0 amide bonds. The van der Waals surface area contributed by atoms with Crippen molar-refractivity contribution in [1.29, 1.82) is 0 Å². The van der Waals surface area contributed by atoms with Crippen LogP contribution in [-0.2, 0) is 23.9 Å². The third-order valence-corrected chi connectivity index (χ3v) is 9.93. The summed E-state index contributed by atoms with van der Waals surface area (Å²) >= 11 is 0.